The maximum Gasteiger partial charge on any atom is 0.261 e. The molecule has 3 aromatic rings. The molecule has 0 aliphatic rings. The Labute approximate surface area is 169 Å². The first-order chi connectivity index (χ1) is 13.5. The molecule has 0 saturated carbocycles. The van der Waals surface area contributed by atoms with Crippen molar-refractivity contribution in [2.45, 2.75) is 13.8 Å². The Balaban J connectivity index is 1.76. The van der Waals surface area contributed by atoms with Crippen molar-refractivity contribution in [2.24, 2.45) is 0 Å². The predicted molar refractivity (Wildman–Crippen MR) is 112 cm³/mol. The quantitative estimate of drug-likeness (QED) is 0.644. The summed E-state index contributed by atoms with van der Waals surface area (Å²) < 4.78 is 5.14. The number of hydrogen-bond acceptors (Lipinski definition) is 5. The van der Waals surface area contributed by atoms with E-state index in [1.54, 1.807) is 24.1 Å². The van der Waals surface area contributed by atoms with Gasteiger partial charge in [-0.15, -0.1) is 0 Å². The highest BCUT2D eigenvalue weighted by molar-refractivity contribution is 6.32. The molecular formula is C21H21ClN4O2. The summed E-state index contributed by atoms with van der Waals surface area (Å²) in [5, 5.41) is 3.54. The summed E-state index contributed by atoms with van der Waals surface area (Å²) in [5.41, 5.74) is 3.08. The zero-order chi connectivity index (χ0) is 20.1. The minimum atomic E-state index is -0.146. The highest BCUT2D eigenvalue weighted by Crippen LogP contribution is 2.28. The lowest BCUT2D eigenvalue weighted by Gasteiger charge is -2.21. The van der Waals surface area contributed by atoms with Crippen LogP contribution < -0.4 is 15.0 Å². The summed E-state index contributed by atoms with van der Waals surface area (Å²) in [6.07, 6.45) is 3.03. The third-order valence-electron chi connectivity index (χ3n) is 4.18. The van der Waals surface area contributed by atoms with E-state index in [2.05, 4.69) is 15.3 Å². The van der Waals surface area contributed by atoms with Crippen molar-refractivity contribution in [2.75, 3.05) is 23.9 Å². The second-order valence-electron chi connectivity index (χ2n) is 6.16. The highest BCUT2D eigenvalue weighted by atomic mass is 35.5. The van der Waals surface area contributed by atoms with E-state index >= 15 is 0 Å². The van der Waals surface area contributed by atoms with Gasteiger partial charge in [0.25, 0.3) is 5.91 Å². The third kappa shape index (κ3) is 4.40. The summed E-state index contributed by atoms with van der Waals surface area (Å²) in [5.74, 6) is 0.813. The maximum atomic E-state index is 12.9. The Bertz CT molecular complexity index is 976. The fourth-order valence-corrected chi connectivity index (χ4v) is 3.03. The lowest BCUT2D eigenvalue weighted by molar-refractivity contribution is 0.0987. The van der Waals surface area contributed by atoms with E-state index in [0.29, 0.717) is 28.8 Å². The molecule has 0 saturated heterocycles. The first-order valence-electron chi connectivity index (χ1n) is 8.83. The molecule has 0 radical (unpaired) electrons. The molecule has 3 rings (SSSR count). The lowest BCUT2D eigenvalue weighted by atomic mass is 10.2. The number of aryl methyl sites for hydroxylation is 1. The van der Waals surface area contributed by atoms with Gasteiger partial charge in [-0.25, -0.2) is 9.97 Å². The van der Waals surface area contributed by atoms with Crippen molar-refractivity contribution in [3.63, 3.8) is 0 Å². The molecule has 1 amide bonds. The summed E-state index contributed by atoms with van der Waals surface area (Å²) in [6.45, 7) is 4.48. The fourth-order valence-electron chi connectivity index (χ4n) is 2.77. The first-order valence-corrected chi connectivity index (χ1v) is 9.20. The van der Waals surface area contributed by atoms with Crippen LogP contribution >= 0.6 is 11.6 Å². The molecule has 0 unspecified atom stereocenters. The van der Waals surface area contributed by atoms with E-state index in [4.69, 9.17) is 16.3 Å². The van der Waals surface area contributed by atoms with Crippen LogP contribution in [0.1, 0.15) is 22.8 Å². The van der Waals surface area contributed by atoms with Gasteiger partial charge in [0.1, 0.15) is 5.75 Å². The van der Waals surface area contributed by atoms with Gasteiger partial charge >= 0.3 is 0 Å². The molecule has 0 bridgehead atoms. The van der Waals surface area contributed by atoms with Gasteiger partial charge < -0.3 is 15.0 Å². The number of ether oxygens (including phenoxy) is 1. The second-order valence-corrected chi connectivity index (χ2v) is 6.57. The molecule has 0 spiro atoms. The van der Waals surface area contributed by atoms with Crippen LogP contribution in [0, 0.1) is 6.92 Å². The van der Waals surface area contributed by atoms with Gasteiger partial charge in [-0.05, 0) is 49.7 Å². The fraction of sp³-hybridized carbons (Fsp3) is 0.190. The lowest BCUT2D eigenvalue weighted by Crippen LogP contribution is -2.30. The molecule has 28 heavy (non-hydrogen) atoms. The van der Waals surface area contributed by atoms with Gasteiger partial charge in [-0.3, -0.25) is 4.79 Å². The van der Waals surface area contributed by atoms with Crippen molar-refractivity contribution in [1.82, 2.24) is 9.97 Å². The molecule has 1 heterocycles. The van der Waals surface area contributed by atoms with Crippen LogP contribution in [-0.2, 0) is 0 Å². The topological polar surface area (TPSA) is 67.4 Å². The van der Waals surface area contributed by atoms with Crippen molar-refractivity contribution in [3.05, 3.63) is 71.0 Å². The Morgan fingerprint density at radius 2 is 1.93 bits per heavy atom. The number of hydrogen-bond donors (Lipinski definition) is 1. The Morgan fingerprint density at radius 1 is 1.18 bits per heavy atom. The number of carbonyl (C=O) groups is 1. The SMILES string of the molecule is CCN(C(=O)c1cnc(Nc2ccc(OC)c(Cl)c2)nc1)c1cccc(C)c1. The third-order valence-corrected chi connectivity index (χ3v) is 4.48. The molecule has 0 aliphatic carbocycles. The zero-order valence-corrected chi connectivity index (χ0v) is 16.7. The normalized spacial score (nSPS) is 10.4. The number of nitrogens with one attached hydrogen (secondary N) is 1. The van der Waals surface area contributed by atoms with Gasteiger partial charge in [0.05, 0.1) is 17.7 Å². The van der Waals surface area contributed by atoms with Crippen molar-refractivity contribution in [1.29, 1.82) is 0 Å². The number of amides is 1. The molecule has 6 nitrogen and oxygen atoms in total. The maximum absolute atomic E-state index is 12.9. The average Bonchev–Trinajstić information content (AvgIpc) is 2.69. The summed E-state index contributed by atoms with van der Waals surface area (Å²) in [6, 6.07) is 13.1. The van der Waals surface area contributed by atoms with Gasteiger partial charge in [0.2, 0.25) is 5.95 Å². The van der Waals surface area contributed by atoms with Gasteiger partial charge in [-0.2, -0.15) is 0 Å². The zero-order valence-electron chi connectivity index (χ0n) is 15.9. The molecular weight excluding hydrogens is 376 g/mol. The number of methoxy groups -OCH3 is 1. The van der Waals surface area contributed by atoms with Gasteiger partial charge in [0, 0.05) is 30.3 Å². The standard InChI is InChI=1S/C21H21ClN4O2/c1-4-26(17-7-5-6-14(2)10-17)20(27)15-12-23-21(24-13-15)25-16-8-9-19(28-3)18(22)11-16/h5-13H,4H2,1-3H3,(H,23,24,25). The largest absolute Gasteiger partial charge is 0.495 e. The Hall–Kier alpha value is -3.12. The molecule has 0 fully saturated rings. The van der Waals surface area contributed by atoms with Gasteiger partial charge in [-0.1, -0.05) is 23.7 Å². The number of anilines is 3. The van der Waals surface area contributed by atoms with Crippen LogP contribution in [0.5, 0.6) is 5.75 Å². The highest BCUT2D eigenvalue weighted by Gasteiger charge is 2.17. The van der Waals surface area contributed by atoms with Crippen molar-refractivity contribution in [3.8, 4) is 5.75 Å². The van der Waals surface area contributed by atoms with E-state index in [1.807, 2.05) is 44.2 Å². The second kappa shape index (κ2) is 8.71. The van der Waals surface area contributed by atoms with E-state index in [-0.39, 0.29) is 5.91 Å². The molecule has 2 aromatic carbocycles. The average molecular weight is 397 g/mol. The number of aromatic nitrogens is 2. The minimum Gasteiger partial charge on any atom is -0.495 e. The van der Waals surface area contributed by atoms with E-state index < -0.39 is 0 Å². The monoisotopic (exact) mass is 396 g/mol. The number of rotatable bonds is 6. The van der Waals surface area contributed by atoms with Crippen LogP contribution in [0.3, 0.4) is 0 Å². The molecule has 1 aromatic heterocycles. The first kappa shape index (κ1) is 19.6. The molecule has 7 heteroatoms. The van der Waals surface area contributed by atoms with Crippen LogP contribution in [0.15, 0.2) is 54.9 Å². The van der Waals surface area contributed by atoms with Crippen LogP contribution in [0.25, 0.3) is 0 Å². The van der Waals surface area contributed by atoms with Crippen molar-refractivity contribution >= 4 is 34.8 Å². The number of benzene rings is 2. The van der Waals surface area contributed by atoms with Crippen LogP contribution in [0.2, 0.25) is 5.02 Å². The predicted octanol–water partition coefficient (Wildman–Crippen LogP) is 4.86. The van der Waals surface area contributed by atoms with E-state index in [9.17, 15) is 4.79 Å². The van der Waals surface area contributed by atoms with E-state index in [1.165, 1.54) is 12.4 Å². The molecule has 1 N–H and O–H groups in total. The summed E-state index contributed by atoms with van der Waals surface area (Å²) >= 11 is 6.13. The summed E-state index contributed by atoms with van der Waals surface area (Å²) in [4.78, 5) is 23.1. The minimum absolute atomic E-state index is 0.146. The van der Waals surface area contributed by atoms with Crippen LogP contribution in [0.4, 0.5) is 17.3 Å². The smallest absolute Gasteiger partial charge is 0.261 e. The molecule has 0 aliphatic heterocycles. The van der Waals surface area contributed by atoms with Gasteiger partial charge in [0.15, 0.2) is 0 Å². The number of halogens is 1. The Kier molecular flexibility index (Phi) is 6.11. The number of carbonyl (C=O) groups excluding carboxylic acids is 1. The Morgan fingerprint density at radius 3 is 2.54 bits per heavy atom. The summed E-state index contributed by atoms with van der Waals surface area (Å²) in [7, 11) is 1.56. The van der Waals surface area contributed by atoms with Crippen molar-refractivity contribution < 1.29 is 9.53 Å². The molecule has 144 valence electrons. The molecule has 0 atom stereocenters. The number of nitrogens with zero attached hydrogens (tertiary/aromatic N) is 3. The van der Waals surface area contributed by atoms with E-state index in [0.717, 1.165) is 16.9 Å². The van der Waals surface area contributed by atoms with Crippen LogP contribution in [-0.4, -0.2) is 29.5 Å².